The molecule has 0 aliphatic carbocycles. The Kier molecular flexibility index (Phi) is 8.19. The third kappa shape index (κ3) is 6.48. The Balaban J connectivity index is 4.56. The van der Waals surface area contributed by atoms with Crippen molar-refractivity contribution in [1.82, 2.24) is 0 Å². The summed E-state index contributed by atoms with van der Waals surface area (Å²) in [5, 5.41) is -0.688. The van der Waals surface area contributed by atoms with Crippen molar-refractivity contribution in [2.75, 3.05) is 12.4 Å². The van der Waals surface area contributed by atoms with Crippen LogP contribution in [0.5, 0.6) is 0 Å². The van der Waals surface area contributed by atoms with Gasteiger partial charge in [0.15, 0.2) is 0 Å². The maximum absolute atomic E-state index is 11.5. The molecule has 0 aliphatic heterocycles. The molecule has 0 bridgehead atoms. The maximum Gasteiger partial charge on any atom is 0.389 e. The minimum absolute atomic E-state index is 0.104. The molecule has 1 unspecified atom stereocenters. The molecule has 0 amide bonds. The number of rotatable bonds is 6. The average molecular weight is 278 g/mol. The van der Waals surface area contributed by atoms with Crippen molar-refractivity contribution >= 4 is 29.0 Å². The Morgan fingerprint density at radius 1 is 1.06 bits per heavy atom. The first-order valence-electron chi connectivity index (χ1n) is 5.62. The summed E-state index contributed by atoms with van der Waals surface area (Å²) in [7, 11) is 0. The Hall–Kier alpha value is -1.24. The molecule has 0 aromatic rings. The van der Waals surface area contributed by atoms with E-state index in [2.05, 4.69) is 4.74 Å². The van der Waals surface area contributed by atoms with Crippen molar-refractivity contribution in [3.63, 3.8) is 0 Å². The Labute approximate surface area is 110 Å². The van der Waals surface area contributed by atoms with Crippen molar-refractivity contribution in [1.29, 1.82) is 0 Å². The van der Waals surface area contributed by atoms with Crippen LogP contribution in [0.3, 0.4) is 0 Å². The fourth-order valence-electron chi connectivity index (χ4n) is 0.811. The van der Waals surface area contributed by atoms with Gasteiger partial charge >= 0.3 is 23.5 Å². The van der Waals surface area contributed by atoms with E-state index < -0.39 is 29.4 Å². The predicted octanol–water partition coefficient (Wildman–Crippen LogP) is 1.96. The fourth-order valence-corrected chi connectivity index (χ4v) is 1.20. The smallest absolute Gasteiger partial charge is 0.389 e. The van der Waals surface area contributed by atoms with E-state index in [1.54, 1.807) is 27.7 Å². The molecule has 7 heteroatoms. The molecule has 0 spiro atoms. The molecule has 18 heavy (non-hydrogen) atoms. The topological polar surface area (TPSA) is 78.9 Å². The molecule has 104 valence electrons. The highest BCUT2D eigenvalue weighted by Crippen LogP contribution is 2.11. The third-order valence-electron chi connectivity index (χ3n) is 1.64. The van der Waals surface area contributed by atoms with Gasteiger partial charge in [-0.15, -0.1) is 0 Å². The zero-order chi connectivity index (χ0) is 14.1. The number of carbonyl (C=O) groups is 3. The van der Waals surface area contributed by atoms with Crippen molar-refractivity contribution < 1.29 is 28.6 Å². The van der Waals surface area contributed by atoms with Crippen molar-refractivity contribution in [3.05, 3.63) is 0 Å². The van der Waals surface area contributed by atoms with Crippen molar-refractivity contribution in [2.45, 2.75) is 34.0 Å². The van der Waals surface area contributed by atoms with Gasteiger partial charge in [0.2, 0.25) is 0 Å². The van der Waals surface area contributed by atoms with Crippen LogP contribution >= 0.6 is 11.8 Å². The van der Waals surface area contributed by atoms with Gasteiger partial charge in [-0.3, -0.25) is 4.79 Å². The lowest BCUT2D eigenvalue weighted by Gasteiger charge is -2.17. The number of hydrogen-bond acceptors (Lipinski definition) is 7. The molecule has 0 saturated heterocycles. The van der Waals surface area contributed by atoms with E-state index in [0.29, 0.717) is 5.75 Å². The van der Waals surface area contributed by atoms with Crippen LogP contribution in [-0.2, 0) is 23.8 Å². The second-order valence-electron chi connectivity index (χ2n) is 3.48. The SMILES string of the molecule is CCOC(=O)C(OC(=O)SCC)OC(=O)C(C)C. The van der Waals surface area contributed by atoms with Gasteiger partial charge in [0.1, 0.15) is 0 Å². The third-order valence-corrected chi connectivity index (χ3v) is 2.26. The van der Waals surface area contributed by atoms with Gasteiger partial charge in [-0.1, -0.05) is 20.8 Å². The molecular weight excluding hydrogens is 260 g/mol. The largest absolute Gasteiger partial charge is 0.460 e. The number of ether oxygens (including phenoxy) is 3. The van der Waals surface area contributed by atoms with E-state index in [4.69, 9.17) is 9.47 Å². The maximum atomic E-state index is 11.5. The molecule has 6 nitrogen and oxygen atoms in total. The molecule has 0 fully saturated rings. The summed E-state index contributed by atoms with van der Waals surface area (Å²) in [6.07, 6.45) is -1.63. The number of hydrogen-bond donors (Lipinski definition) is 0. The van der Waals surface area contributed by atoms with Crippen LogP contribution in [0.1, 0.15) is 27.7 Å². The lowest BCUT2D eigenvalue weighted by atomic mass is 10.2. The minimum atomic E-state index is -1.63. The molecule has 1 atom stereocenters. The zero-order valence-corrected chi connectivity index (χ0v) is 11.7. The molecule has 0 radical (unpaired) electrons. The van der Waals surface area contributed by atoms with Crippen LogP contribution in [0.25, 0.3) is 0 Å². The van der Waals surface area contributed by atoms with Crippen molar-refractivity contribution in [3.8, 4) is 0 Å². The summed E-state index contributed by atoms with van der Waals surface area (Å²) in [5.74, 6) is -1.47. The van der Waals surface area contributed by atoms with Gasteiger partial charge in [-0.05, 0) is 18.7 Å². The van der Waals surface area contributed by atoms with Crippen LogP contribution < -0.4 is 0 Å². The summed E-state index contributed by atoms with van der Waals surface area (Å²) >= 11 is 0.870. The van der Waals surface area contributed by atoms with Crippen LogP contribution in [0.4, 0.5) is 4.79 Å². The highest BCUT2D eigenvalue weighted by atomic mass is 32.2. The molecule has 0 rings (SSSR count). The highest BCUT2D eigenvalue weighted by Gasteiger charge is 2.29. The van der Waals surface area contributed by atoms with Gasteiger partial charge in [-0.25, -0.2) is 9.59 Å². The van der Waals surface area contributed by atoms with Gasteiger partial charge in [0, 0.05) is 5.75 Å². The van der Waals surface area contributed by atoms with Crippen LogP contribution in [0.2, 0.25) is 0 Å². The molecule has 0 aliphatic rings. The lowest BCUT2D eigenvalue weighted by molar-refractivity contribution is -0.191. The standard InChI is InChI=1S/C11H18O6S/c1-5-15-9(13)10(16-8(12)7(3)4)17-11(14)18-6-2/h7,10H,5-6H2,1-4H3. The first-order chi connectivity index (χ1) is 8.42. The second kappa shape index (κ2) is 8.79. The highest BCUT2D eigenvalue weighted by molar-refractivity contribution is 8.13. The summed E-state index contributed by atoms with van der Waals surface area (Å²) in [6.45, 7) is 6.67. The van der Waals surface area contributed by atoms with Crippen LogP contribution in [-0.4, -0.2) is 35.9 Å². The van der Waals surface area contributed by atoms with Gasteiger partial charge in [-0.2, -0.15) is 0 Å². The normalized spacial score (nSPS) is 11.8. The van der Waals surface area contributed by atoms with E-state index in [-0.39, 0.29) is 6.61 Å². The molecular formula is C11H18O6S. The monoisotopic (exact) mass is 278 g/mol. The molecule has 0 heterocycles. The fraction of sp³-hybridized carbons (Fsp3) is 0.727. The van der Waals surface area contributed by atoms with E-state index in [0.717, 1.165) is 11.8 Å². The lowest BCUT2D eigenvalue weighted by Crippen LogP contribution is -2.34. The summed E-state index contributed by atoms with van der Waals surface area (Å²) in [5.41, 5.74) is 0. The van der Waals surface area contributed by atoms with Crippen molar-refractivity contribution in [2.24, 2.45) is 5.92 Å². The molecule has 0 N–H and O–H groups in total. The second-order valence-corrected chi connectivity index (χ2v) is 4.68. The van der Waals surface area contributed by atoms with E-state index in [9.17, 15) is 14.4 Å². The number of carbonyl (C=O) groups excluding carboxylic acids is 3. The quantitative estimate of drug-likeness (QED) is 0.542. The van der Waals surface area contributed by atoms with Gasteiger partial charge in [0.05, 0.1) is 12.5 Å². The Morgan fingerprint density at radius 2 is 1.67 bits per heavy atom. The summed E-state index contributed by atoms with van der Waals surface area (Å²) < 4.78 is 14.2. The Bertz CT molecular complexity index is 302. The summed E-state index contributed by atoms with van der Waals surface area (Å²) in [4.78, 5) is 34.1. The van der Waals surface area contributed by atoms with Crippen LogP contribution in [0.15, 0.2) is 0 Å². The first kappa shape index (κ1) is 16.8. The zero-order valence-electron chi connectivity index (χ0n) is 10.9. The summed E-state index contributed by atoms with van der Waals surface area (Å²) in [6, 6.07) is 0. The Morgan fingerprint density at radius 3 is 2.11 bits per heavy atom. The van der Waals surface area contributed by atoms with E-state index in [1.807, 2.05) is 0 Å². The molecule has 0 saturated carbocycles. The van der Waals surface area contributed by atoms with E-state index >= 15 is 0 Å². The minimum Gasteiger partial charge on any atom is -0.460 e. The number of esters is 2. The predicted molar refractivity (Wildman–Crippen MR) is 66.0 cm³/mol. The van der Waals surface area contributed by atoms with Gasteiger partial charge < -0.3 is 14.2 Å². The number of thioether (sulfide) groups is 1. The molecule has 0 aromatic carbocycles. The average Bonchev–Trinajstić information content (AvgIpc) is 2.28. The molecule has 0 aromatic heterocycles. The van der Waals surface area contributed by atoms with Gasteiger partial charge in [0.25, 0.3) is 0 Å². The van der Waals surface area contributed by atoms with Crippen LogP contribution in [0, 0.1) is 5.92 Å². The first-order valence-corrected chi connectivity index (χ1v) is 6.61. The van der Waals surface area contributed by atoms with E-state index in [1.165, 1.54) is 0 Å².